The number of rotatable bonds is 3. The summed E-state index contributed by atoms with van der Waals surface area (Å²) in [6.07, 6.45) is 0. The molecule has 1 aromatic rings. The van der Waals surface area contributed by atoms with Crippen molar-refractivity contribution in [2.45, 2.75) is 18.9 Å². The van der Waals surface area contributed by atoms with Gasteiger partial charge in [0.2, 0.25) is 0 Å². The average Bonchev–Trinajstić information content (AvgIpc) is 2.18. The second-order valence-corrected chi connectivity index (χ2v) is 3.31. The van der Waals surface area contributed by atoms with Crippen LogP contribution in [0.3, 0.4) is 0 Å². The van der Waals surface area contributed by atoms with Gasteiger partial charge in [-0.3, -0.25) is 0 Å². The maximum absolute atomic E-state index is 13.0. The number of hydrogen-bond donors (Lipinski definition) is 2. The predicted octanol–water partition coefficient (Wildman–Crippen LogP) is 1.62. The molecule has 0 saturated carbocycles. The van der Waals surface area contributed by atoms with E-state index in [0.717, 1.165) is 5.56 Å². The van der Waals surface area contributed by atoms with E-state index < -0.39 is 18.6 Å². The normalized spacial score (nSPS) is 14.1. The van der Waals surface area contributed by atoms with E-state index in [9.17, 15) is 8.78 Å². The van der Waals surface area contributed by atoms with Gasteiger partial charge in [-0.2, -0.15) is 0 Å². The summed E-state index contributed by atoms with van der Waals surface area (Å²) >= 11 is 0. The Balaban J connectivity index is 2.89. The highest BCUT2D eigenvalue weighted by Gasteiger charge is 2.37. The minimum absolute atomic E-state index is 0.328. The third-order valence-electron chi connectivity index (χ3n) is 2.10. The lowest BCUT2D eigenvalue weighted by Crippen LogP contribution is -2.36. The molecule has 0 radical (unpaired) electrons. The number of aliphatic hydroxyl groups is 1. The van der Waals surface area contributed by atoms with Crippen molar-refractivity contribution in [3.63, 3.8) is 0 Å². The van der Waals surface area contributed by atoms with E-state index in [1.807, 2.05) is 6.92 Å². The molecular weight excluding hydrogens is 188 g/mol. The monoisotopic (exact) mass is 201 g/mol. The second-order valence-electron chi connectivity index (χ2n) is 3.31. The number of nitrogens with two attached hydrogens (primary N) is 1. The summed E-state index contributed by atoms with van der Waals surface area (Å²) in [5.74, 6) is -3.27. The number of halogens is 2. The summed E-state index contributed by atoms with van der Waals surface area (Å²) in [6, 6.07) is 5.06. The Morgan fingerprint density at radius 2 is 1.86 bits per heavy atom. The van der Waals surface area contributed by atoms with Crippen LogP contribution in [-0.2, 0) is 0 Å². The fourth-order valence-electron chi connectivity index (χ4n) is 1.12. The lowest BCUT2D eigenvalue weighted by atomic mass is 10.0. The average molecular weight is 201 g/mol. The van der Waals surface area contributed by atoms with Gasteiger partial charge in [0.05, 0.1) is 6.04 Å². The van der Waals surface area contributed by atoms with Crippen LogP contribution in [0.15, 0.2) is 24.3 Å². The summed E-state index contributed by atoms with van der Waals surface area (Å²) in [7, 11) is 0. The van der Waals surface area contributed by atoms with E-state index in [0.29, 0.717) is 5.56 Å². The zero-order valence-corrected chi connectivity index (χ0v) is 7.87. The molecule has 0 saturated heterocycles. The van der Waals surface area contributed by atoms with Crippen molar-refractivity contribution in [1.29, 1.82) is 0 Å². The van der Waals surface area contributed by atoms with Gasteiger partial charge in [0.25, 0.3) is 5.92 Å². The molecule has 14 heavy (non-hydrogen) atoms. The van der Waals surface area contributed by atoms with Crippen LogP contribution < -0.4 is 5.73 Å². The number of benzene rings is 1. The number of alkyl halides is 2. The van der Waals surface area contributed by atoms with Gasteiger partial charge >= 0.3 is 0 Å². The van der Waals surface area contributed by atoms with Crippen LogP contribution in [0.2, 0.25) is 0 Å². The van der Waals surface area contributed by atoms with Crippen molar-refractivity contribution < 1.29 is 13.9 Å². The van der Waals surface area contributed by atoms with Gasteiger partial charge in [0.15, 0.2) is 0 Å². The molecule has 4 heteroatoms. The van der Waals surface area contributed by atoms with E-state index >= 15 is 0 Å². The molecule has 0 spiro atoms. The van der Waals surface area contributed by atoms with Crippen LogP contribution in [-0.4, -0.2) is 17.6 Å². The van der Waals surface area contributed by atoms with E-state index in [2.05, 4.69) is 0 Å². The largest absolute Gasteiger partial charge is 0.390 e. The molecule has 2 nitrogen and oxygen atoms in total. The minimum atomic E-state index is -3.27. The molecule has 1 rings (SSSR count). The van der Waals surface area contributed by atoms with Crippen molar-refractivity contribution in [1.82, 2.24) is 0 Å². The van der Waals surface area contributed by atoms with Crippen LogP contribution in [0.5, 0.6) is 0 Å². The van der Waals surface area contributed by atoms with Crippen LogP contribution in [0, 0.1) is 6.92 Å². The molecule has 0 bridgehead atoms. The van der Waals surface area contributed by atoms with Crippen LogP contribution in [0.4, 0.5) is 8.78 Å². The molecule has 0 aliphatic heterocycles. The smallest absolute Gasteiger partial charge is 0.289 e. The number of aryl methyl sites for hydroxylation is 1. The first-order valence-electron chi connectivity index (χ1n) is 4.28. The van der Waals surface area contributed by atoms with Gasteiger partial charge in [-0.1, -0.05) is 29.8 Å². The van der Waals surface area contributed by atoms with Crippen LogP contribution in [0.25, 0.3) is 0 Å². The van der Waals surface area contributed by atoms with E-state index in [-0.39, 0.29) is 0 Å². The molecule has 0 heterocycles. The summed E-state index contributed by atoms with van der Waals surface area (Å²) < 4.78 is 25.9. The zero-order valence-electron chi connectivity index (χ0n) is 7.87. The first kappa shape index (κ1) is 11.1. The Kier molecular flexibility index (Phi) is 3.18. The molecule has 0 fully saturated rings. The first-order valence-corrected chi connectivity index (χ1v) is 4.28. The maximum Gasteiger partial charge on any atom is 0.289 e. The Morgan fingerprint density at radius 3 is 2.29 bits per heavy atom. The van der Waals surface area contributed by atoms with Crippen LogP contribution in [0.1, 0.15) is 17.2 Å². The Hall–Kier alpha value is -1.00. The molecule has 0 aromatic heterocycles. The summed E-state index contributed by atoms with van der Waals surface area (Å²) in [5.41, 5.74) is 6.63. The molecule has 78 valence electrons. The van der Waals surface area contributed by atoms with Gasteiger partial charge in [0.1, 0.15) is 6.61 Å². The van der Waals surface area contributed by atoms with Gasteiger partial charge < -0.3 is 10.8 Å². The Labute approximate surface area is 81.4 Å². The third-order valence-corrected chi connectivity index (χ3v) is 2.10. The van der Waals surface area contributed by atoms with Crippen molar-refractivity contribution in [3.05, 3.63) is 35.4 Å². The number of hydrogen-bond acceptors (Lipinski definition) is 2. The van der Waals surface area contributed by atoms with E-state index in [1.54, 1.807) is 24.3 Å². The lowest BCUT2D eigenvalue weighted by molar-refractivity contribution is -0.0711. The first-order chi connectivity index (χ1) is 6.47. The Morgan fingerprint density at radius 1 is 1.36 bits per heavy atom. The molecule has 1 atom stereocenters. The molecule has 0 aliphatic carbocycles. The standard InChI is InChI=1S/C10H13F2NO/c1-7-2-4-8(5-3-7)9(13)10(11,12)6-14/h2-5,9,14H,6,13H2,1H3/t9-/m1/s1. The quantitative estimate of drug-likeness (QED) is 0.780. The van der Waals surface area contributed by atoms with E-state index in [1.165, 1.54) is 0 Å². The maximum atomic E-state index is 13.0. The van der Waals surface area contributed by atoms with Gasteiger partial charge in [-0.05, 0) is 12.5 Å². The minimum Gasteiger partial charge on any atom is -0.390 e. The van der Waals surface area contributed by atoms with Crippen LogP contribution >= 0.6 is 0 Å². The molecular formula is C10H13F2NO. The highest BCUT2D eigenvalue weighted by Crippen LogP contribution is 2.28. The van der Waals surface area contributed by atoms with Crippen molar-refractivity contribution in [2.24, 2.45) is 5.73 Å². The van der Waals surface area contributed by atoms with Crippen molar-refractivity contribution in [2.75, 3.05) is 6.61 Å². The van der Waals surface area contributed by atoms with Gasteiger partial charge in [-0.25, -0.2) is 8.78 Å². The highest BCUT2D eigenvalue weighted by molar-refractivity contribution is 5.25. The topological polar surface area (TPSA) is 46.2 Å². The second kappa shape index (κ2) is 4.02. The lowest BCUT2D eigenvalue weighted by Gasteiger charge is -2.21. The Bertz CT molecular complexity index is 297. The van der Waals surface area contributed by atoms with Gasteiger partial charge in [-0.15, -0.1) is 0 Å². The summed E-state index contributed by atoms with van der Waals surface area (Å²) in [6.45, 7) is 0.627. The fourth-order valence-corrected chi connectivity index (χ4v) is 1.12. The van der Waals surface area contributed by atoms with Crippen molar-refractivity contribution >= 4 is 0 Å². The predicted molar refractivity (Wildman–Crippen MR) is 50.1 cm³/mol. The molecule has 1 aromatic carbocycles. The molecule has 0 amide bonds. The van der Waals surface area contributed by atoms with E-state index in [4.69, 9.17) is 10.8 Å². The zero-order chi connectivity index (χ0) is 10.8. The molecule has 0 aliphatic rings. The summed E-state index contributed by atoms with van der Waals surface area (Å²) in [5, 5.41) is 8.45. The number of aliphatic hydroxyl groups excluding tert-OH is 1. The highest BCUT2D eigenvalue weighted by atomic mass is 19.3. The molecule has 0 unspecified atom stereocenters. The SMILES string of the molecule is Cc1ccc([C@@H](N)C(F)(F)CO)cc1. The summed E-state index contributed by atoms with van der Waals surface area (Å²) in [4.78, 5) is 0. The van der Waals surface area contributed by atoms with Gasteiger partial charge in [0, 0.05) is 0 Å². The third kappa shape index (κ3) is 2.27. The molecule has 3 N–H and O–H groups in total. The fraction of sp³-hybridized carbons (Fsp3) is 0.400. The van der Waals surface area contributed by atoms with Crippen molar-refractivity contribution in [3.8, 4) is 0 Å².